The molecule has 0 rings (SSSR count). The van der Waals surface area contributed by atoms with Crippen LogP contribution in [0.25, 0.3) is 0 Å². The number of hydrogen-bond donors (Lipinski definition) is 2. The van der Waals surface area contributed by atoms with Gasteiger partial charge in [0.1, 0.15) is 0 Å². The van der Waals surface area contributed by atoms with Crippen molar-refractivity contribution in [3.8, 4) is 0 Å². The Bertz CT molecular complexity index is 81.0. The molecule has 0 unspecified atom stereocenters. The summed E-state index contributed by atoms with van der Waals surface area (Å²) < 4.78 is 0. The summed E-state index contributed by atoms with van der Waals surface area (Å²) in [6.45, 7) is 0.471. The topological polar surface area (TPSA) is 49.3 Å². The standard InChI is InChI=1S/C4H9NO2S.V/c6-4(7)5-2-1-3-8;/h5,8H,1-3H2,(H,6,7);/p-1. The Morgan fingerprint density at radius 1 is 1.67 bits per heavy atom. The second-order valence-corrected chi connectivity index (χ2v) is 1.70. The predicted molar refractivity (Wildman–Crippen MR) is 32.9 cm³/mol. The summed E-state index contributed by atoms with van der Waals surface area (Å²) in [6.07, 6.45) is -0.241. The Labute approximate surface area is 71.5 Å². The molecule has 0 bridgehead atoms. The number of carboxylic acid groups (broad SMARTS) is 1. The predicted octanol–water partition coefficient (Wildman–Crippen LogP) is 0.189. The molecule has 0 saturated carbocycles. The fourth-order valence-electron chi connectivity index (χ4n) is 0.267. The van der Waals surface area contributed by atoms with Crippen LogP contribution in [0.5, 0.6) is 0 Å². The van der Waals surface area contributed by atoms with Crippen LogP contribution < -0.4 is 5.32 Å². The normalized spacial score (nSPS) is 7.67. The van der Waals surface area contributed by atoms with Gasteiger partial charge in [-0.3, -0.25) is 0 Å². The van der Waals surface area contributed by atoms with E-state index in [1.54, 1.807) is 0 Å². The number of hydrogen-bond acceptors (Lipinski definition) is 2. The van der Waals surface area contributed by atoms with Crippen molar-refractivity contribution in [3.05, 3.63) is 0 Å². The monoisotopic (exact) mass is 185 g/mol. The van der Waals surface area contributed by atoms with Gasteiger partial charge >= 0.3 is 6.09 Å². The van der Waals surface area contributed by atoms with Gasteiger partial charge in [-0.15, -0.1) is 0 Å². The maximum atomic E-state index is 9.73. The van der Waals surface area contributed by atoms with Crippen molar-refractivity contribution >= 4 is 18.7 Å². The summed E-state index contributed by atoms with van der Waals surface area (Å²) in [5, 5.41) is 10.2. The minimum absolute atomic E-state index is 0. The molecule has 3 nitrogen and oxygen atoms in total. The van der Waals surface area contributed by atoms with Crippen molar-refractivity contribution in [2.24, 2.45) is 0 Å². The molecule has 0 aromatic carbocycles. The van der Waals surface area contributed by atoms with E-state index in [1.807, 2.05) is 0 Å². The van der Waals surface area contributed by atoms with Crippen molar-refractivity contribution in [3.63, 3.8) is 0 Å². The van der Waals surface area contributed by atoms with E-state index in [0.29, 0.717) is 12.3 Å². The molecule has 0 heterocycles. The fraction of sp³-hybridized carbons (Fsp3) is 0.750. The summed E-state index contributed by atoms with van der Waals surface area (Å²) in [7, 11) is 0. The molecule has 0 atom stereocenters. The smallest absolute Gasteiger partial charge is 0.404 e. The van der Waals surface area contributed by atoms with E-state index in [0.717, 1.165) is 6.42 Å². The fourth-order valence-corrected chi connectivity index (χ4v) is 0.412. The molecule has 0 aliphatic heterocycles. The van der Waals surface area contributed by atoms with Crippen LogP contribution in [0.1, 0.15) is 6.42 Å². The van der Waals surface area contributed by atoms with Gasteiger partial charge in [0.25, 0.3) is 0 Å². The van der Waals surface area contributed by atoms with Crippen molar-refractivity contribution < 1.29 is 28.5 Å². The van der Waals surface area contributed by atoms with Gasteiger partial charge in [0.15, 0.2) is 0 Å². The van der Waals surface area contributed by atoms with E-state index in [1.165, 1.54) is 0 Å². The second kappa shape index (κ2) is 8.20. The first-order chi connectivity index (χ1) is 3.77. The van der Waals surface area contributed by atoms with Gasteiger partial charge in [-0.05, 0) is 0 Å². The van der Waals surface area contributed by atoms with Gasteiger partial charge in [-0.2, -0.15) is 5.75 Å². The van der Waals surface area contributed by atoms with E-state index in [9.17, 15) is 4.79 Å². The van der Waals surface area contributed by atoms with E-state index in [-0.39, 0.29) is 18.6 Å². The van der Waals surface area contributed by atoms with Gasteiger partial charge in [-0.1, -0.05) is 6.42 Å². The Hall–Kier alpha value is 0.204. The van der Waals surface area contributed by atoms with Crippen LogP contribution in [0.15, 0.2) is 0 Å². The molecular weight excluding hydrogens is 177 g/mol. The summed E-state index contributed by atoms with van der Waals surface area (Å²) >= 11 is 4.57. The number of carbonyl (C=O) groups is 1. The third kappa shape index (κ3) is 11.7. The SMILES string of the molecule is O=C(O)NCCC[S-].[V]. The van der Waals surface area contributed by atoms with Gasteiger partial charge in [-0.25, -0.2) is 4.79 Å². The number of amides is 1. The molecule has 0 aliphatic carbocycles. The van der Waals surface area contributed by atoms with Crippen molar-refractivity contribution in [2.75, 3.05) is 12.3 Å². The Morgan fingerprint density at radius 3 is 2.56 bits per heavy atom. The average molecular weight is 185 g/mol. The minimum Gasteiger partial charge on any atom is -0.793 e. The first kappa shape index (κ1) is 11.9. The molecule has 9 heavy (non-hydrogen) atoms. The zero-order valence-electron chi connectivity index (χ0n) is 4.83. The van der Waals surface area contributed by atoms with Crippen LogP contribution in [0.3, 0.4) is 0 Å². The van der Waals surface area contributed by atoms with E-state index >= 15 is 0 Å². The first-order valence-corrected chi connectivity index (χ1v) is 2.90. The van der Waals surface area contributed by atoms with E-state index in [4.69, 9.17) is 5.11 Å². The first-order valence-electron chi connectivity index (χ1n) is 2.32. The van der Waals surface area contributed by atoms with Gasteiger partial charge in [0.2, 0.25) is 0 Å². The molecule has 2 N–H and O–H groups in total. The van der Waals surface area contributed by atoms with Crippen molar-refractivity contribution in [1.82, 2.24) is 5.32 Å². The zero-order chi connectivity index (χ0) is 6.41. The number of nitrogens with one attached hydrogen (secondary N) is 1. The molecule has 1 amide bonds. The van der Waals surface area contributed by atoms with Crippen LogP contribution in [0.4, 0.5) is 4.79 Å². The number of rotatable bonds is 3. The Balaban J connectivity index is 0. The molecule has 0 aliphatic rings. The molecule has 5 heteroatoms. The molecular formula is C4H8NO2SV-. The van der Waals surface area contributed by atoms with Crippen LogP contribution in [-0.4, -0.2) is 23.5 Å². The molecule has 0 aromatic heterocycles. The molecule has 0 spiro atoms. The summed E-state index contributed by atoms with van der Waals surface area (Å²) in [4.78, 5) is 9.73. The molecule has 0 fully saturated rings. The van der Waals surface area contributed by atoms with Crippen LogP contribution >= 0.6 is 0 Å². The second-order valence-electron chi connectivity index (χ2n) is 1.29. The average Bonchev–Trinajstić information content (AvgIpc) is 1.66. The third-order valence-corrected chi connectivity index (χ3v) is 0.886. The van der Waals surface area contributed by atoms with Crippen molar-refractivity contribution in [1.29, 1.82) is 0 Å². The molecule has 1 radical (unpaired) electrons. The summed E-state index contributed by atoms with van der Waals surface area (Å²) in [6, 6.07) is 0. The van der Waals surface area contributed by atoms with Crippen molar-refractivity contribution in [2.45, 2.75) is 6.42 Å². The Kier molecular flexibility index (Phi) is 10.9. The van der Waals surface area contributed by atoms with Crippen LogP contribution in [0.2, 0.25) is 0 Å². The van der Waals surface area contributed by atoms with Crippen LogP contribution in [0, 0.1) is 0 Å². The van der Waals surface area contributed by atoms with Gasteiger partial charge in [0.05, 0.1) is 0 Å². The zero-order valence-corrected chi connectivity index (χ0v) is 7.05. The Morgan fingerprint density at radius 2 is 2.22 bits per heavy atom. The van der Waals surface area contributed by atoms with Crippen LogP contribution in [-0.2, 0) is 31.2 Å². The third-order valence-electron chi connectivity index (χ3n) is 0.597. The van der Waals surface area contributed by atoms with Gasteiger partial charge < -0.3 is 23.1 Å². The summed E-state index contributed by atoms with van der Waals surface area (Å²) in [5.74, 6) is 0.611. The van der Waals surface area contributed by atoms with E-state index in [2.05, 4.69) is 17.9 Å². The van der Waals surface area contributed by atoms with Gasteiger partial charge in [0, 0.05) is 25.1 Å². The van der Waals surface area contributed by atoms with E-state index < -0.39 is 6.09 Å². The molecule has 0 saturated heterocycles. The maximum absolute atomic E-state index is 9.73. The largest absolute Gasteiger partial charge is 0.793 e. The summed E-state index contributed by atoms with van der Waals surface area (Å²) in [5.41, 5.74) is 0. The molecule has 53 valence electrons. The maximum Gasteiger partial charge on any atom is 0.404 e. The quantitative estimate of drug-likeness (QED) is 0.487. The minimum atomic E-state index is -0.978. The molecule has 0 aromatic rings.